The Morgan fingerprint density at radius 1 is 1.36 bits per heavy atom. The van der Waals surface area contributed by atoms with Crippen molar-refractivity contribution in [2.45, 2.75) is 33.2 Å². The van der Waals surface area contributed by atoms with Crippen LogP contribution in [0.3, 0.4) is 0 Å². The number of hydrogen-bond donors (Lipinski definition) is 2. The Labute approximate surface area is 88.5 Å². The molecule has 0 bridgehead atoms. The monoisotopic (exact) mass is 202 g/mol. The normalized spacial score (nSPS) is 13.9. The second-order valence-electron chi connectivity index (χ2n) is 4.38. The summed E-state index contributed by atoms with van der Waals surface area (Å²) in [4.78, 5) is 2.28. The fourth-order valence-electron chi connectivity index (χ4n) is 1.42. The predicted octanol–water partition coefficient (Wildman–Crippen LogP) is 0.935. The summed E-state index contributed by atoms with van der Waals surface area (Å²) in [6.45, 7) is 9.72. The third-order valence-electron chi connectivity index (χ3n) is 2.33. The van der Waals surface area contributed by atoms with Gasteiger partial charge in [-0.05, 0) is 32.5 Å². The van der Waals surface area contributed by atoms with Gasteiger partial charge in [0.05, 0.1) is 6.61 Å². The van der Waals surface area contributed by atoms with Crippen LogP contribution >= 0.6 is 0 Å². The van der Waals surface area contributed by atoms with Gasteiger partial charge in [0.25, 0.3) is 0 Å². The van der Waals surface area contributed by atoms with Crippen LogP contribution in [0.2, 0.25) is 0 Å². The third-order valence-corrected chi connectivity index (χ3v) is 2.33. The van der Waals surface area contributed by atoms with Gasteiger partial charge in [-0.1, -0.05) is 20.8 Å². The van der Waals surface area contributed by atoms with Crippen LogP contribution < -0.4 is 5.32 Å². The highest BCUT2D eigenvalue weighted by Gasteiger charge is 2.09. The number of rotatable bonds is 8. The van der Waals surface area contributed by atoms with Gasteiger partial charge in [0.1, 0.15) is 0 Å². The summed E-state index contributed by atoms with van der Waals surface area (Å²) in [5.74, 6) is 0.754. The van der Waals surface area contributed by atoms with Gasteiger partial charge in [0.15, 0.2) is 0 Å². The van der Waals surface area contributed by atoms with Crippen LogP contribution in [0.5, 0.6) is 0 Å². The van der Waals surface area contributed by atoms with E-state index >= 15 is 0 Å². The number of nitrogens with zero attached hydrogens (tertiary/aromatic N) is 1. The molecule has 0 aromatic rings. The molecule has 0 fully saturated rings. The van der Waals surface area contributed by atoms with Gasteiger partial charge >= 0.3 is 0 Å². The summed E-state index contributed by atoms with van der Waals surface area (Å²) in [6, 6.07) is 0.220. The maximum Gasteiger partial charge on any atom is 0.0597 e. The summed E-state index contributed by atoms with van der Waals surface area (Å²) in [5, 5.41) is 12.4. The van der Waals surface area contributed by atoms with Crippen LogP contribution in [0.4, 0.5) is 0 Å². The minimum atomic E-state index is 0.220. The van der Waals surface area contributed by atoms with Gasteiger partial charge in [-0.3, -0.25) is 0 Å². The van der Waals surface area contributed by atoms with Crippen molar-refractivity contribution in [2.24, 2.45) is 5.92 Å². The summed E-state index contributed by atoms with van der Waals surface area (Å²) in [7, 11) is 2.11. The molecular formula is C11H26N2O. The van der Waals surface area contributed by atoms with Crippen molar-refractivity contribution in [1.82, 2.24) is 10.2 Å². The average molecular weight is 202 g/mol. The quantitative estimate of drug-likeness (QED) is 0.615. The van der Waals surface area contributed by atoms with Gasteiger partial charge in [-0.25, -0.2) is 0 Å². The van der Waals surface area contributed by atoms with E-state index in [2.05, 4.69) is 38.0 Å². The van der Waals surface area contributed by atoms with Gasteiger partial charge in [-0.2, -0.15) is 0 Å². The first-order valence-electron chi connectivity index (χ1n) is 5.62. The maximum absolute atomic E-state index is 9.09. The summed E-state index contributed by atoms with van der Waals surface area (Å²) in [6.07, 6.45) is 1.22. The van der Waals surface area contributed by atoms with E-state index in [1.807, 2.05) is 0 Å². The smallest absolute Gasteiger partial charge is 0.0597 e. The van der Waals surface area contributed by atoms with Crippen LogP contribution in [0.25, 0.3) is 0 Å². The Hall–Kier alpha value is -0.120. The molecular weight excluding hydrogens is 176 g/mol. The number of likely N-dealkylation sites (N-methyl/N-ethyl adjacent to an activating group) is 2. The SMILES string of the molecule is CCNC(CO)CN(C)CCC(C)C. The van der Waals surface area contributed by atoms with Crippen LogP contribution in [-0.4, -0.2) is 49.3 Å². The molecule has 3 heteroatoms. The predicted molar refractivity (Wildman–Crippen MR) is 61.5 cm³/mol. The van der Waals surface area contributed by atoms with Crippen molar-refractivity contribution in [3.05, 3.63) is 0 Å². The van der Waals surface area contributed by atoms with Crippen molar-refractivity contribution in [3.8, 4) is 0 Å². The molecule has 86 valence electrons. The van der Waals surface area contributed by atoms with E-state index in [0.29, 0.717) is 0 Å². The minimum Gasteiger partial charge on any atom is -0.395 e. The lowest BCUT2D eigenvalue weighted by molar-refractivity contribution is 0.196. The Morgan fingerprint density at radius 2 is 2.00 bits per heavy atom. The molecule has 0 spiro atoms. The van der Waals surface area contributed by atoms with Crippen molar-refractivity contribution in [2.75, 3.05) is 33.3 Å². The number of aliphatic hydroxyl groups excluding tert-OH is 1. The molecule has 0 aliphatic rings. The van der Waals surface area contributed by atoms with Crippen LogP contribution in [0.1, 0.15) is 27.2 Å². The molecule has 3 nitrogen and oxygen atoms in total. The van der Waals surface area contributed by atoms with Crippen molar-refractivity contribution in [1.29, 1.82) is 0 Å². The zero-order valence-corrected chi connectivity index (χ0v) is 10.1. The zero-order chi connectivity index (χ0) is 11.0. The van der Waals surface area contributed by atoms with Gasteiger partial charge in [0.2, 0.25) is 0 Å². The molecule has 0 aliphatic heterocycles. The average Bonchev–Trinajstić information content (AvgIpc) is 2.14. The molecule has 0 radical (unpaired) electrons. The molecule has 0 saturated carbocycles. The van der Waals surface area contributed by atoms with Crippen LogP contribution in [0, 0.1) is 5.92 Å². The van der Waals surface area contributed by atoms with E-state index in [9.17, 15) is 0 Å². The molecule has 0 aromatic carbocycles. The van der Waals surface area contributed by atoms with Gasteiger partial charge in [-0.15, -0.1) is 0 Å². The topological polar surface area (TPSA) is 35.5 Å². The number of aliphatic hydroxyl groups is 1. The molecule has 0 aromatic heterocycles. The van der Waals surface area contributed by atoms with E-state index in [-0.39, 0.29) is 12.6 Å². The first kappa shape index (κ1) is 13.9. The van der Waals surface area contributed by atoms with E-state index in [1.165, 1.54) is 6.42 Å². The fourth-order valence-corrected chi connectivity index (χ4v) is 1.42. The number of hydrogen-bond acceptors (Lipinski definition) is 3. The highest BCUT2D eigenvalue weighted by atomic mass is 16.3. The second-order valence-corrected chi connectivity index (χ2v) is 4.38. The lowest BCUT2D eigenvalue weighted by atomic mass is 10.1. The van der Waals surface area contributed by atoms with Gasteiger partial charge in [0, 0.05) is 12.6 Å². The molecule has 0 amide bonds. The molecule has 2 N–H and O–H groups in total. The summed E-state index contributed by atoms with van der Waals surface area (Å²) in [5.41, 5.74) is 0. The second kappa shape index (κ2) is 8.21. The maximum atomic E-state index is 9.09. The summed E-state index contributed by atoms with van der Waals surface area (Å²) < 4.78 is 0. The van der Waals surface area contributed by atoms with Crippen molar-refractivity contribution >= 4 is 0 Å². The van der Waals surface area contributed by atoms with E-state index < -0.39 is 0 Å². The molecule has 1 unspecified atom stereocenters. The summed E-state index contributed by atoms with van der Waals surface area (Å²) >= 11 is 0. The highest BCUT2D eigenvalue weighted by molar-refractivity contribution is 4.68. The van der Waals surface area contributed by atoms with Crippen LogP contribution in [-0.2, 0) is 0 Å². The molecule has 0 saturated heterocycles. The lowest BCUT2D eigenvalue weighted by Crippen LogP contribution is -2.42. The molecule has 14 heavy (non-hydrogen) atoms. The molecule has 1 atom stereocenters. The largest absolute Gasteiger partial charge is 0.395 e. The molecule has 0 heterocycles. The highest BCUT2D eigenvalue weighted by Crippen LogP contribution is 2.00. The lowest BCUT2D eigenvalue weighted by Gasteiger charge is -2.23. The Morgan fingerprint density at radius 3 is 2.43 bits per heavy atom. The minimum absolute atomic E-state index is 0.220. The van der Waals surface area contributed by atoms with Crippen molar-refractivity contribution < 1.29 is 5.11 Å². The number of nitrogens with one attached hydrogen (secondary N) is 1. The Bertz CT molecular complexity index is 128. The zero-order valence-electron chi connectivity index (χ0n) is 10.1. The molecule has 0 rings (SSSR count). The van der Waals surface area contributed by atoms with Gasteiger partial charge < -0.3 is 15.3 Å². The third kappa shape index (κ3) is 7.30. The standard InChI is InChI=1S/C11H26N2O/c1-5-12-11(9-14)8-13(4)7-6-10(2)3/h10-12,14H,5-9H2,1-4H3. The van der Waals surface area contributed by atoms with Crippen molar-refractivity contribution in [3.63, 3.8) is 0 Å². The van der Waals surface area contributed by atoms with E-state index in [4.69, 9.17) is 5.11 Å². The first-order chi connectivity index (χ1) is 6.60. The van der Waals surface area contributed by atoms with E-state index in [0.717, 1.165) is 25.6 Å². The van der Waals surface area contributed by atoms with E-state index in [1.54, 1.807) is 0 Å². The first-order valence-corrected chi connectivity index (χ1v) is 5.62. The fraction of sp³-hybridized carbons (Fsp3) is 1.00. The molecule has 0 aliphatic carbocycles. The Kier molecular flexibility index (Phi) is 8.14. The van der Waals surface area contributed by atoms with Crippen LogP contribution in [0.15, 0.2) is 0 Å². The Balaban J connectivity index is 3.61.